The molecule has 1 unspecified atom stereocenters. The standard InChI is InChI=1S/C11H14O.C6H14/c1-2-11(8-12)7-9-5-3-4-6-10(9)11;1-4-5-6(2)3/h3-6,12H,2,7-8H2,1H3;6H,4-5H2,1-3H3. The molecule has 0 spiro atoms. The van der Waals surface area contributed by atoms with Gasteiger partial charge in [0.15, 0.2) is 0 Å². The van der Waals surface area contributed by atoms with Crippen molar-refractivity contribution in [3.63, 3.8) is 0 Å². The number of hydrogen-bond donors (Lipinski definition) is 1. The van der Waals surface area contributed by atoms with E-state index in [9.17, 15) is 5.11 Å². The molecule has 1 heteroatoms. The highest BCUT2D eigenvalue weighted by Gasteiger charge is 2.39. The van der Waals surface area contributed by atoms with Gasteiger partial charge in [-0.2, -0.15) is 0 Å². The SMILES string of the molecule is CCC1(CO)Cc2ccccc21.CCCC(C)C. The van der Waals surface area contributed by atoms with E-state index in [4.69, 9.17) is 0 Å². The summed E-state index contributed by atoms with van der Waals surface area (Å²) >= 11 is 0. The Morgan fingerprint density at radius 1 is 1.22 bits per heavy atom. The van der Waals surface area contributed by atoms with Crippen LogP contribution >= 0.6 is 0 Å². The quantitative estimate of drug-likeness (QED) is 0.841. The summed E-state index contributed by atoms with van der Waals surface area (Å²) in [6.45, 7) is 9.17. The summed E-state index contributed by atoms with van der Waals surface area (Å²) in [4.78, 5) is 0. The molecule has 1 aromatic rings. The van der Waals surface area contributed by atoms with Gasteiger partial charge in [0.2, 0.25) is 0 Å². The lowest BCUT2D eigenvalue weighted by Gasteiger charge is -2.42. The third-order valence-corrected chi connectivity index (χ3v) is 3.96. The highest BCUT2D eigenvalue weighted by Crippen LogP contribution is 2.42. The second-order valence-corrected chi connectivity index (χ2v) is 5.81. The van der Waals surface area contributed by atoms with E-state index < -0.39 is 0 Å². The van der Waals surface area contributed by atoms with Gasteiger partial charge in [0.05, 0.1) is 6.61 Å². The van der Waals surface area contributed by atoms with Crippen LogP contribution in [0.25, 0.3) is 0 Å². The number of aliphatic hydroxyl groups excluding tert-OH is 1. The van der Waals surface area contributed by atoms with Gasteiger partial charge in [0, 0.05) is 5.41 Å². The fraction of sp³-hybridized carbons (Fsp3) is 0.647. The van der Waals surface area contributed by atoms with E-state index in [-0.39, 0.29) is 5.41 Å². The van der Waals surface area contributed by atoms with Gasteiger partial charge in [-0.1, -0.05) is 64.8 Å². The van der Waals surface area contributed by atoms with Crippen molar-refractivity contribution in [2.75, 3.05) is 6.61 Å². The van der Waals surface area contributed by atoms with Crippen LogP contribution in [0, 0.1) is 5.92 Å². The Bertz CT molecular complexity index is 350. The minimum Gasteiger partial charge on any atom is -0.395 e. The predicted molar refractivity (Wildman–Crippen MR) is 78.9 cm³/mol. The molecule has 1 nitrogen and oxygen atoms in total. The van der Waals surface area contributed by atoms with Crippen LogP contribution in [-0.2, 0) is 11.8 Å². The largest absolute Gasteiger partial charge is 0.395 e. The normalized spacial score (nSPS) is 20.8. The molecule has 1 N–H and O–H groups in total. The third-order valence-electron chi connectivity index (χ3n) is 3.96. The second-order valence-electron chi connectivity index (χ2n) is 5.81. The first-order valence-electron chi connectivity index (χ1n) is 7.28. The van der Waals surface area contributed by atoms with Gasteiger partial charge in [0.1, 0.15) is 0 Å². The van der Waals surface area contributed by atoms with E-state index >= 15 is 0 Å². The Morgan fingerprint density at radius 3 is 2.28 bits per heavy atom. The van der Waals surface area contributed by atoms with Crippen LogP contribution in [0.1, 0.15) is 58.1 Å². The zero-order valence-corrected chi connectivity index (χ0v) is 12.4. The molecular formula is C17H28O. The van der Waals surface area contributed by atoms with Gasteiger partial charge in [-0.15, -0.1) is 0 Å². The van der Waals surface area contributed by atoms with Crippen LogP contribution in [-0.4, -0.2) is 11.7 Å². The predicted octanol–water partition coefficient (Wildman–Crippen LogP) is 4.33. The van der Waals surface area contributed by atoms with Crippen LogP contribution in [0.5, 0.6) is 0 Å². The fourth-order valence-corrected chi connectivity index (χ4v) is 2.69. The molecule has 1 aliphatic rings. The smallest absolute Gasteiger partial charge is 0.0531 e. The number of hydrogen-bond acceptors (Lipinski definition) is 1. The average Bonchev–Trinajstić information content (AvgIpc) is 2.33. The lowest BCUT2D eigenvalue weighted by Crippen LogP contribution is -2.41. The molecule has 0 radical (unpaired) electrons. The van der Waals surface area contributed by atoms with Crippen LogP contribution in [0.4, 0.5) is 0 Å². The summed E-state index contributed by atoms with van der Waals surface area (Å²) in [6.07, 6.45) is 4.80. The van der Waals surface area contributed by atoms with E-state index in [0.29, 0.717) is 6.61 Å². The minimum absolute atomic E-state index is 0.0938. The van der Waals surface area contributed by atoms with E-state index in [2.05, 4.69) is 52.0 Å². The van der Waals surface area contributed by atoms with Crippen molar-refractivity contribution in [1.29, 1.82) is 0 Å². The third kappa shape index (κ3) is 3.35. The topological polar surface area (TPSA) is 20.2 Å². The van der Waals surface area contributed by atoms with Crippen LogP contribution in [0.15, 0.2) is 24.3 Å². The monoisotopic (exact) mass is 248 g/mol. The Kier molecular flexibility index (Phi) is 5.87. The lowest BCUT2D eigenvalue weighted by molar-refractivity contribution is 0.167. The number of benzene rings is 1. The fourth-order valence-electron chi connectivity index (χ4n) is 2.69. The lowest BCUT2D eigenvalue weighted by atomic mass is 9.63. The summed E-state index contributed by atoms with van der Waals surface area (Å²) in [5, 5.41) is 9.28. The zero-order chi connectivity index (χ0) is 13.6. The first-order chi connectivity index (χ1) is 8.59. The molecular weight excluding hydrogens is 220 g/mol. The van der Waals surface area contributed by atoms with Gasteiger partial charge >= 0.3 is 0 Å². The molecule has 1 atom stereocenters. The first kappa shape index (κ1) is 15.2. The summed E-state index contributed by atoms with van der Waals surface area (Å²) in [6, 6.07) is 8.41. The van der Waals surface area contributed by atoms with Crippen molar-refractivity contribution in [1.82, 2.24) is 0 Å². The molecule has 0 fully saturated rings. The molecule has 0 amide bonds. The van der Waals surface area contributed by atoms with Crippen molar-refractivity contribution < 1.29 is 5.11 Å². The Morgan fingerprint density at radius 2 is 1.89 bits per heavy atom. The van der Waals surface area contributed by atoms with Crippen molar-refractivity contribution >= 4 is 0 Å². The molecule has 0 aliphatic heterocycles. The molecule has 102 valence electrons. The maximum absolute atomic E-state index is 9.28. The van der Waals surface area contributed by atoms with Crippen LogP contribution in [0.2, 0.25) is 0 Å². The van der Waals surface area contributed by atoms with Gasteiger partial charge in [0.25, 0.3) is 0 Å². The van der Waals surface area contributed by atoms with Crippen LogP contribution in [0.3, 0.4) is 0 Å². The van der Waals surface area contributed by atoms with Crippen molar-refractivity contribution in [3.05, 3.63) is 35.4 Å². The Labute approximate surface area is 112 Å². The number of fused-ring (bicyclic) bond motifs is 1. The molecule has 18 heavy (non-hydrogen) atoms. The number of aliphatic hydroxyl groups is 1. The van der Waals surface area contributed by atoms with Gasteiger partial charge in [-0.05, 0) is 29.9 Å². The minimum atomic E-state index is 0.0938. The highest BCUT2D eigenvalue weighted by molar-refractivity contribution is 5.45. The maximum Gasteiger partial charge on any atom is 0.0531 e. The van der Waals surface area contributed by atoms with E-state index in [1.807, 2.05) is 0 Å². The number of rotatable bonds is 4. The molecule has 2 rings (SSSR count). The summed E-state index contributed by atoms with van der Waals surface area (Å²) in [7, 11) is 0. The molecule has 0 saturated heterocycles. The first-order valence-corrected chi connectivity index (χ1v) is 7.28. The Hall–Kier alpha value is -0.820. The van der Waals surface area contributed by atoms with Gasteiger partial charge in [-0.25, -0.2) is 0 Å². The summed E-state index contributed by atoms with van der Waals surface area (Å²) in [5.41, 5.74) is 2.86. The van der Waals surface area contributed by atoms with Gasteiger partial charge in [-0.3, -0.25) is 0 Å². The van der Waals surface area contributed by atoms with Gasteiger partial charge < -0.3 is 5.11 Å². The van der Waals surface area contributed by atoms with E-state index in [1.165, 1.54) is 24.0 Å². The zero-order valence-electron chi connectivity index (χ0n) is 12.4. The molecule has 1 aliphatic carbocycles. The van der Waals surface area contributed by atoms with E-state index in [1.54, 1.807) is 0 Å². The molecule has 0 aromatic heterocycles. The average molecular weight is 248 g/mol. The van der Waals surface area contributed by atoms with E-state index in [0.717, 1.165) is 18.8 Å². The summed E-state index contributed by atoms with van der Waals surface area (Å²) < 4.78 is 0. The molecule has 0 heterocycles. The molecule has 1 aromatic carbocycles. The second kappa shape index (κ2) is 6.94. The highest BCUT2D eigenvalue weighted by atomic mass is 16.3. The maximum atomic E-state index is 9.28. The van der Waals surface area contributed by atoms with Crippen LogP contribution < -0.4 is 0 Å². The summed E-state index contributed by atoms with van der Waals surface area (Å²) in [5.74, 6) is 0.898. The Balaban J connectivity index is 0.000000232. The molecule has 0 saturated carbocycles. The van der Waals surface area contributed by atoms with Crippen molar-refractivity contribution in [3.8, 4) is 0 Å². The van der Waals surface area contributed by atoms with Crippen molar-refractivity contribution in [2.45, 2.75) is 58.8 Å². The van der Waals surface area contributed by atoms with Crippen molar-refractivity contribution in [2.24, 2.45) is 5.92 Å². The molecule has 0 bridgehead atoms.